The fraction of sp³-hybridized carbons (Fsp3) is 0.688. The number of aromatic nitrogens is 1. The summed E-state index contributed by atoms with van der Waals surface area (Å²) >= 11 is 1.67. The quantitative estimate of drug-likeness (QED) is 0.399. The minimum Gasteiger partial charge on any atom is -0.354 e. The van der Waals surface area contributed by atoms with Gasteiger partial charge < -0.3 is 15.5 Å². The molecule has 0 saturated heterocycles. The predicted molar refractivity (Wildman–Crippen MR) is 110 cm³/mol. The monoisotopic (exact) mass is 465 g/mol. The number of likely N-dealkylation sites (N-methyl/N-ethyl adjacent to an activating group) is 1. The number of amides is 1. The van der Waals surface area contributed by atoms with Crippen LogP contribution < -0.4 is 10.6 Å². The van der Waals surface area contributed by atoms with Gasteiger partial charge in [-0.3, -0.25) is 4.79 Å². The van der Waals surface area contributed by atoms with E-state index in [0.29, 0.717) is 18.5 Å². The lowest BCUT2D eigenvalue weighted by molar-refractivity contribution is -0.127. The van der Waals surface area contributed by atoms with Crippen molar-refractivity contribution in [3.05, 3.63) is 16.1 Å². The molecule has 1 amide bonds. The van der Waals surface area contributed by atoms with Gasteiger partial charge in [0.2, 0.25) is 5.91 Å². The Balaban J connectivity index is 0.00000288. The lowest BCUT2D eigenvalue weighted by atomic mass is 9.96. The molecule has 6 nitrogen and oxygen atoms in total. The highest BCUT2D eigenvalue weighted by molar-refractivity contribution is 14.0. The Bertz CT molecular complexity index is 540. The minimum atomic E-state index is -0.000151. The van der Waals surface area contributed by atoms with Crippen molar-refractivity contribution in [1.82, 2.24) is 20.5 Å². The van der Waals surface area contributed by atoms with Gasteiger partial charge in [0.25, 0.3) is 0 Å². The molecule has 0 unspecified atom stereocenters. The molecule has 1 aliphatic rings. The molecule has 1 aromatic heterocycles. The second kappa shape index (κ2) is 10.9. The van der Waals surface area contributed by atoms with E-state index in [1.54, 1.807) is 30.3 Å². The topological polar surface area (TPSA) is 69.6 Å². The van der Waals surface area contributed by atoms with E-state index in [9.17, 15) is 4.79 Å². The Labute approximate surface area is 165 Å². The molecule has 0 radical (unpaired) electrons. The van der Waals surface area contributed by atoms with Gasteiger partial charge in [0.1, 0.15) is 11.6 Å². The van der Waals surface area contributed by atoms with Crippen LogP contribution >= 0.6 is 35.3 Å². The van der Waals surface area contributed by atoms with E-state index in [-0.39, 0.29) is 36.4 Å². The molecule has 136 valence electrons. The molecule has 24 heavy (non-hydrogen) atoms. The van der Waals surface area contributed by atoms with Crippen molar-refractivity contribution in [2.75, 3.05) is 20.6 Å². The maximum Gasteiger partial charge on any atom is 0.243 e. The molecule has 1 saturated carbocycles. The lowest BCUT2D eigenvalue weighted by Gasteiger charge is -2.25. The van der Waals surface area contributed by atoms with Crippen LogP contribution in [0.3, 0.4) is 0 Å². The molecule has 0 aliphatic heterocycles. The van der Waals surface area contributed by atoms with Crippen molar-refractivity contribution in [3.63, 3.8) is 0 Å². The summed E-state index contributed by atoms with van der Waals surface area (Å²) in [5.74, 6) is 0.708. The van der Waals surface area contributed by atoms with Gasteiger partial charge in [-0.25, -0.2) is 9.98 Å². The Morgan fingerprint density at radius 2 is 2.08 bits per heavy atom. The summed E-state index contributed by atoms with van der Waals surface area (Å²) in [7, 11) is 3.50. The molecular formula is C16H28IN5OS. The van der Waals surface area contributed by atoms with Crippen LogP contribution in [-0.4, -0.2) is 48.4 Å². The number of carbonyl (C=O) groups excluding carboxylic acids is 1. The first-order valence-electron chi connectivity index (χ1n) is 8.21. The molecule has 0 aromatic carbocycles. The third kappa shape index (κ3) is 7.33. The van der Waals surface area contributed by atoms with Crippen LogP contribution in [0.25, 0.3) is 0 Å². The average molecular weight is 465 g/mol. The van der Waals surface area contributed by atoms with Crippen LogP contribution in [0.2, 0.25) is 0 Å². The van der Waals surface area contributed by atoms with E-state index in [2.05, 4.69) is 20.6 Å². The highest BCUT2D eigenvalue weighted by Crippen LogP contribution is 2.17. The third-order valence-corrected chi connectivity index (χ3v) is 4.81. The zero-order valence-electron chi connectivity index (χ0n) is 14.7. The molecule has 0 spiro atoms. The number of aliphatic imine (C=N–C) groups is 1. The molecule has 1 heterocycles. The smallest absolute Gasteiger partial charge is 0.243 e. The highest BCUT2D eigenvalue weighted by atomic mass is 127. The summed E-state index contributed by atoms with van der Waals surface area (Å²) < 4.78 is 0. The normalized spacial score (nSPS) is 15.5. The lowest BCUT2D eigenvalue weighted by Crippen LogP contribution is -2.44. The highest BCUT2D eigenvalue weighted by Gasteiger charge is 2.15. The van der Waals surface area contributed by atoms with Gasteiger partial charge in [-0.2, -0.15) is 0 Å². The summed E-state index contributed by atoms with van der Waals surface area (Å²) in [6.07, 6.45) is 8.04. The van der Waals surface area contributed by atoms with Gasteiger partial charge in [0.05, 0.1) is 6.54 Å². The van der Waals surface area contributed by atoms with Crippen molar-refractivity contribution in [1.29, 1.82) is 0 Å². The van der Waals surface area contributed by atoms with Gasteiger partial charge in [-0.1, -0.05) is 19.3 Å². The van der Waals surface area contributed by atoms with E-state index in [4.69, 9.17) is 0 Å². The first kappa shape index (κ1) is 21.1. The summed E-state index contributed by atoms with van der Waals surface area (Å²) in [5.41, 5.74) is 0. The molecule has 1 aromatic rings. The van der Waals surface area contributed by atoms with E-state index < -0.39 is 0 Å². The van der Waals surface area contributed by atoms with E-state index in [1.807, 2.05) is 13.1 Å². The first-order valence-corrected chi connectivity index (χ1v) is 9.02. The number of aryl methyl sites for hydroxylation is 1. The van der Waals surface area contributed by atoms with Gasteiger partial charge in [0.15, 0.2) is 5.96 Å². The average Bonchev–Trinajstić information content (AvgIpc) is 2.96. The number of halogens is 1. The van der Waals surface area contributed by atoms with Crippen LogP contribution in [0.4, 0.5) is 0 Å². The van der Waals surface area contributed by atoms with Crippen molar-refractivity contribution in [2.24, 2.45) is 4.99 Å². The van der Waals surface area contributed by atoms with Crippen molar-refractivity contribution >= 4 is 47.2 Å². The summed E-state index contributed by atoms with van der Waals surface area (Å²) in [6, 6.07) is 0.447. The number of nitrogens with zero attached hydrogens (tertiary/aromatic N) is 3. The number of carbonyl (C=O) groups is 1. The van der Waals surface area contributed by atoms with E-state index >= 15 is 0 Å². The van der Waals surface area contributed by atoms with Crippen molar-refractivity contribution in [2.45, 2.75) is 51.6 Å². The molecule has 0 atom stereocenters. The Morgan fingerprint density at radius 1 is 1.38 bits per heavy atom. The molecule has 2 N–H and O–H groups in total. The third-order valence-electron chi connectivity index (χ3n) is 3.89. The predicted octanol–water partition coefficient (Wildman–Crippen LogP) is 2.53. The molecular weight excluding hydrogens is 437 g/mol. The summed E-state index contributed by atoms with van der Waals surface area (Å²) in [4.78, 5) is 23.3. The molecule has 2 rings (SSSR count). The molecule has 0 bridgehead atoms. The maximum absolute atomic E-state index is 11.8. The summed E-state index contributed by atoms with van der Waals surface area (Å²) in [6.45, 7) is 2.84. The Morgan fingerprint density at radius 3 is 2.67 bits per heavy atom. The standard InChI is InChI=1S/C16H27N5OS.HI/c1-12-9-17-14(23-12)10-18-16(19-11-15(22)21(2)3)20-13-7-5-4-6-8-13;/h9,13H,4-8,10-11H2,1-3H3,(H2,18,19,20);1H. The Kier molecular flexibility index (Phi) is 9.57. The summed E-state index contributed by atoms with van der Waals surface area (Å²) in [5, 5.41) is 7.81. The van der Waals surface area contributed by atoms with Crippen LogP contribution in [0.1, 0.15) is 42.0 Å². The van der Waals surface area contributed by atoms with Crippen LogP contribution in [0.5, 0.6) is 0 Å². The fourth-order valence-electron chi connectivity index (χ4n) is 2.52. The minimum absolute atomic E-state index is 0. The Hall–Kier alpha value is -0.900. The van der Waals surface area contributed by atoms with Gasteiger partial charge in [-0.15, -0.1) is 35.3 Å². The number of rotatable bonds is 5. The largest absolute Gasteiger partial charge is 0.354 e. The first-order chi connectivity index (χ1) is 11.0. The van der Waals surface area contributed by atoms with Crippen molar-refractivity contribution < 1.29 is 4.79 Å². The van der Waals surface area contributed by atoms with Gasteiger partial charge in [-0.05, 0) is 19.8 Å². The van der Waals surface area contributed by atoms with Gasteiger partial charge >= 0.3 is 0 Å². The van der Waals surface area contributed by atoms with Crippen LogP contribution in [0.15, 0.2) is 11.2 Å². The molecule has 1 fully saturated rings. The zero-order valence-corrected chi connectivity index (χ0v) is 17.8. The number of hydrogen-bond acceptors (Lipinski definition) is 4. The number of hydrogen-bond donors (Lipinski definition) is 2. The zero-order chi connectivity index (χ0) is 16.7. The van der Waals surface area contributed by atoms with E-state index in [0.717, 1.165) is 5.01 Å². The second-order valence-electron chi connectivity index (χ2n) is 6.15. The van der Waals surface area contributed by atoms with Crippen LogP contribution in [0, 0.1) is 6.92 Å². The van der Waals surface area contributed by atoms with Gasteiger partial charge in [0, 0.05) is 31.2 Å². The molecule has 1 aliphatic carbocycles. The maximum atomic E-state index is 11.8. The van der Waals surface area contributed by atoms with Crippen molar-refractivity contribution in [3.8, 4) is 0 Å². The van der Waals surface area contributed by atoms with Crippen LogP contribution in [-0.2, 0) is 11.3 Å². The van der Waals surface area contributed by atoms with E-state index in [1.165, 1.54) is 37.0 Å². The second-order valence-corrected chi connectivity index (χ2v) is 7.47. The number of guanidine groups is 1. The number of nitrogens with one attached hydrogen (secondary N) is 2. The number of thiazole rings is 1. The SMILES string of the molecule is Cc1cnc(CNC(=NCC(=O)N(C)C)NC2CCCCC2)s1.I. The fourth-order valence-corrected chi connectivity index (χ4v) is 3.25. The molecule has 8 heteroatoms.